The van der Waals surface area contributed by atoms with E-state index < -0.39 is 37.2 Å². The van der Waals surface area contributed by atoms with Crippen molar-refractivity contribution >= 4 is 44.7 Å². The molecule has 0 heterocycles. The molecule has 0 aliphatic carbocycles. The van der Waals surface area contributed by atoms with E-state index in [0.29, 0.717) is 6.07 Å². The van der Waals surface area contributed by atoms with Gasteiger partial charge in [0.15, 0.2) is 0 Å². The van der Waals surface area contributed by atoms with Gasteiger partial charge in [-0.2, -0.15) is 8.42 Å². The number of nitrogens with two attached hydrogens (primary N) is 1. The average Bonchev–Trinajstić information content (AvgIpc) is 2.43. The number of benzene rings is 2. The van der Waals surface area contributed by atoms with Gasteiger partial charge in [-0.05, 0) is 18.2 Å². The summed E-state index contributed by atoms with van der Waals surface area (Å²) in [7, 11) is -4.54. The number of nitrogens with zero attached hydrogens (tertiary/aromatic N) is 1. The van der Waals surface area contributed by atoms with Crippen LogP contribution in [-0.2, 0) is 10.1 Å². The molecule has 0 bridgehead atoms. The van der Waals surface area contributed by atoms with Crippen LogP contribution in [0.4, 0.5) is 15.8 Å². The molecule has 122 valence electrons. The number of anilines is 1. The molecule has 23 heavy (non-hydrogen) atoms. The van der Waals surface area contributed by atoms with Crippen LogP contribution in [-0.4, -0.2) is 13.3 Å². The standard InChI is InChI=1S/C12H7Cl2FN2O5S/c13-8-4-7(5-9(14)12(8)16)23(20,21)22-11-3-6(15)1-2-10(11)17(18)19/h1-5H,16H2. The number of nitro groups is 1. The van der Waals surface area contributed by atoms with Gasteiger partial charge in [0.1, 0.15) is 10.7 Å². The maximum atomic E-state index is 13.2. The number of nitrogen functional groups attached to an aromatic ring is 1. The Morgan fingerprint density at radius 1 is 1.17 bits per heavy atom. The zero-order chi connectivity index (χ0) is 17.4. The van der Waals surface area contributed by atoms with E-state index in [4.69, 9.17) is 28.9 Å². The number of rotatable bonds is 4. The van der Waals surface area contributed by atoms with Gasteiger partial charge in [0.2, 0.25) is 5.75 Å². The first kappa shape index (κ1) is 17.3. The highest BCUT2D eigenvalue weighted by molar-refractivity contribution is 7.87. The summed E-state index contributed by atoms with van der Waals surface area (Å²) < 4.78 is 42.2. The average molecular weight is 381 g/mol. The van der Waals surface area contributed by atoms with Crippen LogP contribution in [0.25, 0.3) is 0 Å². The molecular formula is C12H7Cl2FN2O5S. The Kier molecular flexibility index (Phi) is 4.64. The number of halogens is 3. The summed E-state index contributed by atoms with van der Waals surface area (Å²) in [5.74, 6) is -1.69. The Labute approximate surface area is 139 Å². The molecule has 0 amide bonds. The second kappa shape index (κ2) is 6.19. The summed E-state index contributed by atoms with van der Waals surface area (Å²) in [6.07, 6.45) is 0. The van der Waals surface area contributed by atoms with Gasteiger partial charge in [0, 0.05) is 12.1 Å². The molecular weight excluding hydrogens is 374 g/mol. The number of hydrogen-bond donors (Lipinski definition) is 1. The lowest BCUT2D eigenvalue weighted by atomic mass is 10.3. The molecule has 0 aliphatic rings. The third-order valence-electron chi connectivity index (χ3n) is 2.66. The topological polar surface area (TPSA) is 113 Å². The number of hydrogen-bond acceptors (Lipinski definition) is 6. The van der Waals surface area contributed by atoms with Crippen molar-refractivity contribution in [2.24, 2.45) is 0 Å². The zero-order valence-corrected chi connectivity index (χ0v) is 13.3. The van der Waals surface area contributed by atoms with E-state index in [1.807, 2.05) is 0 Å². The largest absolute Gasteiger partial charge is 0.396 e. The highest BCUT2D eigenvalue weighted by Crippen LogP contribution is 2.34. The maximum Gasteiger partial charge on any atom is 0.339 e. The Morgan fingerprint density at radius 2 is 1.74 bits per heavy atom. The van der Waals surface area contributed by atoms with Crippen LogP contribution < -0.4 is 9.92 Å². The highest BCUT2D eigenvalue weighted by atomic mass is 35.5. The molecule has 0 spiro atoms. The minimum Gasteiger partial charge on any atom is -0.396 e. The smallest absolute Gasteiger partial charge is 0.339 e. The Bertz CT molecular complexity index is 881. The van der Waals surface area contributed by atoms with Crippen LogP contribution in [0.3, 0.4) is 0 Å². The predicted octanol–water partition coefficient (Wildman–Crippen LogP) is 3.39. The van der Waals surface area contributed by atoms with Gasteiger partial charge in [-0.15, -0.1) is 0 Å². The molecule has 0 aliphatic heterocycles. The summed E-state index contributed by atoms with van der Waals surface area (Å²) in [5.41, 5.74) is 4.73. The predicted molar refractivity (Wildman–Crippen MR) is 81.7 cm³/mol. The molecule has 2 aromatic carbocycles. The van der Waals surface area contributed by atoms with Gasteiger partial charge in [-0.1, -0.05) is 23.2 Å². The molecule has 7 nitrogen and oxygen atoms in total. The van der Waals surface area contributed by atoms with Crippen molar-refractivity contribution in [2.75, 3.05) is 5.73 Å². The van der Waals surface area contributed by atoms with Gasteiger partial charge in [-0.3, -0.25) is 10.1 Å². The van der Waals surface area contributed by atoms with Gasteiger partial charge >= 0.3 is 15.8 Å². The van der Waals surface area contributed by atoms with Crippen LogP contribution in [0.5, 0.6) is 5.75 Å². The van der Waals surface area contributed by atoms with Crippen LogP contribution in [0.1, 0.15) is 0 Å². The zero-order valence-electron chi connectivity index (χ0n) is 11.0. The third kappa shape index (κ3) is 3.63. The van der Waals surface area contributed by atoms with Gasteiger partial charge in [0.25, 0.3) is 0 Å². The van der Waals surface area contributed by atoms with E-state index in [-0.39, 0.29) is 15.7 Å². The maximum absolute atomic E-state index is 13.2. The lowest BCUT2D eigenvalue weighted by Gasteiger charge is -2.09. The minimum absolute atomic E-state index is 0.0379. The second-order valence-electron chi connectivity index (χ2n) is 4.21. The minimum atomic E-state index is -4.54. The molecule has 2 N–H and O–H groups in total. The summed E-state index contributed by atoms with van der Waals surface area (Å²) in [6.45, 7) is 0. The molecule has 0 saturated heterocycles. The summed E-state index contributed by atoms with van der Waals surface area (Å²) in [4.78, 5) is 9.46. The van der Waals surface area contributed by atoms with E-state index in [9.17, 15) is 22.9 Å². The molecule has 0 atom stereocenters. The molecule has 2 aromatic rings. The first-order chi connectivity index (χ1) is 10.6. The highest BCUT2D eigenvalue weighted by Gasteiger charge is 2.25. The molecule has 0 saturated carbocycles. The second-order valence-corrected chi connectivity index (χ2v) is 6.57. The third-order valence-corrected chi connectivity index (χ3v) is 4.50. The van der Waals surface area contributed by atoms with Crippen LogP contribution in [0.2, 0.25) is 10.0 Å². The quantitative estimate of drug-likeness (QED) is 0.376. The Morgan fingerprint density at radius 3 is 2.26 bits per heavy atom. The van der Waals surface area contributed by atoms with Crippen molar-refractivity contribution in [1.82, 2.24) is 0 Å². The van der Waals surface area contributed by atoms with Crippen molar-refractivity contribution in [3.05, 3.63) is 56.3 Å². The fraction of sp³-hybridized carbons (Fsp3) is 0. The summed E-state index contributed by atoms with van der Waals surface area (Å²) in [6, 6.07) is 4.08. The van der Waals surface area contributed by atoms with Gasteiger partial charge in [-0.25, -0.2) is 4.39 Å². The van der Waals surface area contributed by atoms with E-state index in [1.165, 1.54) is 0 Å². The van der Waals surface area contributed by atoms with E-state index in [1.54, 1.807) is 0 Å². The lowest BCUT2D eigenvalue weighted by molar-refractivity contribution is -0.385. The first-order valence-electron chi connectivity index (χ1n) is 5.75. The molecule has 2 rings (SSSR count). The summed E-state index contributed by atoms with van der Waals surface area (Å²) >= 11 is 11.5. The van der Waals surface area contributed by atoms with E-state index >= 15 is 0 Å². The van der Waals surface area contributed by atoms with Crippen molar-refractivity contribution in [2.45, 2.75) is 4.90 Å². The number of nitro benzene ring substituents is 1. The SMILES string of the molecule is Nc1c(Cl)cc(S(=O)(=O)Oc2cc(F)ccc2[N+](=O)[O-])cc1Cl. The van der Waals surface area contributed by atoms with E-state index in [0.717, 1.165) is 24.3 Å². The Balaban J connectivity index is 2.51. The molecule has 11 heteroatoms. The van der Waals surface area contributed by atoms with Gasteiger partial charge < -0.3 is 9.92 Å². The molecule has 0 aromatic heterocycles. The molecule has 0 unspecified atom stereocenters. The van der Waals surface area contributed by atoms with Crippen molar-refractivity contribution < 1.29 is 21.9 Å². The summed E-state index contributed by atoms with van der Waals surface area (Å²) in [5, 5.41) is 10.6. The van der Waals surface area contributed by atoms with Gasteiger partial charge in [0.05, 0.1) is 20.7 Å². The van der Waals surface area contributed by atoms with Crippen LogP contribution in [0, 0.1) is 15.9 Å². The van der Waals surface area contributed by atoms with Crippen molar-refractivity contribution in [3.63, 3.8) is 0 Å². The lowest BCUT2D eigenvalue weighted by Crippen LogP contribution is -2.11. The fourth-order valence-corrected chi connectivity index (χ4v) is 3.18. The molecule has 0 radical (unpaired) electrons. The van der Waals surface area contributed by atoms with Crippen LogP contribution >= 0.6 is 23.2 Å². The van der Waals surface area contributed by atoms with Crippen molar-refractivity contribution in [1.29, 1.82) is 0 Å². The normalized spacial score (nSPS) is 11.3. The fourth-order valence-electron chi connectivity index (χ4n) is 1.58. The van der Waals surface area contributed by atoms with Crippen LogP contribution in [0.15, 0.2) is 35.2 Å². The molecule has 0 fully saturated rings. The van der Waals surface area contributed by atoms with E-state index in [2.05, 4.69) is 4.18 Å². The van der Waals surface area contributed by atoms with Crippen molar-refractivity contribution in [3.8, 4) is 5.75 Å². The first-order valence-corrected chi connectivity index (χ1v) is 7.91. The Hall–Kier alpha value is -2.10. The monoisotopic (exact) mass is 380 g/mol.